The quantitative estimate of drug-likeness (QED) is 0.772. The molecule has 2 nitrogen and oxygen atoms in total. The summed E-state index contributed by atoms with van der Waals surface area (Å²) in [5.41, 5.74) is 3.67. The first-order valence-corrected chi connectivity index (χ1v) is 9.12. The SMILES string of the molecule is COc1ccc2c(c1)[C@]13CCCCCN(C)[C@@H](C2)[C@H]1CCC3. The van der Waals surface area contributed by atoms with Gasteiger partial charge in [0.1, 0.15) is 5.75 Å². The maximum Gasteiger partial charge on any atom is 0.119 e. The van der Waals surface area contributed by atoms with E-state index in [9.17, 15) is 0 Å². The Morgan fingerprint density at radius 1 is 1.14 bits per heavy atom. The average Bonchev–Trinajstić information content (AvgIpc) is 2.98. The summed E-state index contributed by atoms with van der Waals surface area (Å²) in [4.78, 5) is 2.68. The third-order valence-corrected chi connectivity index (χ3v) is 6.79. The van der Waals surface area contributed by atoms with Crippen molar-refractivity contribution in [3.8, 4) is 5.75 Å². The van der Waals surface area contributed by atoms with Gasteiger partial charge in [0.25, 0.3) is 0 Å². The molecule has 1 heterocycles. The van der Waals surface area contributed by atoms with Gasteiger partial charge >= 0.3 is 0 Å². The molecule has 2 fully saturated rings. The van der Waals surface area contributed by atoms with Gasteiger partial charge < -0.3 is 9.64 Å². The molecular weight excluding hydrogens is 270 g/mol. The minimum Gasteiger partial charge on any atom is -0.497 e. The molecule has 0 radical (unpaired) electrons. The second-order valence-electron chi connectivity index (χ2n) is 7.74. The Morgan fingerprint density at radius 3 is 2.86 bits per heavy atom. The smallest absolute Gasteiger partial charge is 0.119 e. The predicted octanol–water partition coefficient (Wildman–Crippen LogP) is 4.16. The zero-order valence-electron chi connectivity index (χ0n) is 14.1. The summed E-state index contributed by atoms with van der Waals surface area (Å²) >= 11 is 0. The second-order valence-corrected chi connectivity index (χ2v) is 7.74. The van der Waals surface area contributed by atoms with Crippen molar-refractivity contribution in [2.75, 3.05) is 20.7 Å². The van der Waals surface area contributed by atoms with E-state index in [-0.39, 0.29) is 0 Å². The van der Waals surface area contributed by atoms with E-state index in [0.29, 0.717) is 5.41 Å². The molecule has 22 heavy (non-hydrogen) atoms. The number of likely N-dealkylation sites (N-methyl/N-ethyl adjacent to an activating group) is 1. The molecule has 0 amide bonds. The Morgan fingerprint density at radius 2 is 2.00 bits per heavy atom. The fraction of sp³-hybridized carbons (Fsp3) is 0.700. The molecule has 0 N–H and O–H groups in total. The van der Waals surface area contributed by atoms with Gasteiger partial charge in [-0.25, -0.2) is 0 Å². The van der Waals surface area contributed by atoms with Crippen LogP contribution in [0.2, 0.25) is 0 Å². The molecule has 3 aliphatic rings. The van der Waals surface area contributed by atoms with E-state index in [2.05, 4.69) is 30.1 Å². The molecule has 2 heteroatoms. The third kappa shape index (κ3) is 2.11. The van der Waals surface area contributed by atoms with Gasteiger partial charge in [-0.3, -0.25) is 0 Å². The Bertz CT molecular complexity index is 555. The van der Waals surface area contributed by atoms with Gasteiger partial charge in [0.15, 0.2) is 0 Å². The molecule has 1 aromatic rings. The highest BCUT2D eigenvalue weighted by molar-refractivity contribution is 5.45. The molecule has 0 unspecified atom stereocenters. The normalized spacial score (nSPS) is 35.0. The highest BCUT2D eigenvalue weighted by Gasteiger charge is 2.51. The molecule has 3 atom stereocenters. The molecule has 2 bridgehead atoms. The van der Waals surface area contributed by atoms with Gasteiger partial charge in [-0.15, -0.1) is 0 Å². The molecule has 1 aliphatic heterocycles. The average molecular weight is 299 g/mol. The minimum absolute atomic E-state index is 0.436. The maximum atomic E-state index is 5.55. The fourth-order valence-corrected chi connectivity index (χ4v) is 5.74. The van der Waals surface area contributed by atoms with Gasteiger partial charge in [-0.2, -0.15) is 0 Å². The summed E-state index contributed by atoms with van der Waals surface area (Å²) in [6.45, 7) is 1.28. The van der Waals surface area contributed by atoms with Crippen molar-refractivity contribution in [1.29, 1.82) is 0 Å². The zero-order chi connectivity index (χ0) is 15.2. The molecule has 1 aromatic carbocycles. The first kappa shape index (κ1) is 14.6. The maximum absolute atomic E-state index is 5.55. The Kier molecular flexibility index (Phi) is 3.68. The van der Waals surface area contributed by atoms with Crippen molar-refractivity contribution in [3.05, 3.63) is 29.3 Å². The van der Waals surface area contributed by atoms with Gasteiger partial charge in [-0.1, -0.05) is 25.3 Å². The van der Waals surface area contributed by atoms with E-state index in [1.54, 1.807) is 18.2 Å². The van der Waals surface area contributed by atoms with Crippen LogP contribution in [0.15, 0.2) is 18.2 Å². The summed E-state index contributed by atoms with van der Waals surface area (Å²) in [6, 6.07) is 7.64. The van der Waals surface area contributed by atoms with Gasteiger partial charge in [0.05, 0.1) is 7.11 Å². The van der Waals surface area contributed by atoms with Crippen LogP contribution in [-0.2, 0) is 11.8 Å². The monoisotopic (exact) mass is 299 g/mol. The molecule has 2 aliphatic carbocycles. The van der Waals surface area contributed by atoms with Crippen LogP contribution >= 0.6 is 0 Å². The molecular formula is C20H29NO. The second kappa shape index (κ2) is 5.56. The van der Waals surface area contributed by atoms with Gasteiger partial charge in [0, 0.05) is 11.5 Å². The van der Waals surface area contributed by atoms with E-state index >= 15 is 0 Å². The lowest BCUT2D eigenvalue weighted by molar-refractivity contribution is 0.114. The fourth-order valence-electron chi connectivity index (χ4n) is 5.74. The van der Waals surface area contributed by atoms with Crippen LogP contribution in [0, 0.1) is 5.92 Å². The molecule has 1 saturated carbocycles. The number of hydrogen-bond acceptors (Lipinski definition) is 2. The van der Waals surface area contributed by atoms with Gasteiger partial charge in [0.2, 0.25) is 0 Å². The Balaban J connectivity index is 1.86. The summed E-state index contributed by atoms with van der Waals surface area (Å²) < 4.78 is 5.55. The number of benzene rings is 1. The number of fused-ring (bicyclic) bond motifs is 1. The van der Waals surface area contributed by atoms with Crippen molar-refractivity contribution in [1.82, 2.24) is 4.90 Å². The number of rotatable bonds is 1. The van der Waals surface area contributed by atoms with E-state index in [1.807, 2.05) is 0 Å². The van der Waals surface area contributed by atoms with Crippen molar-refractivity contribution in [2.45, 2.75) is 62.8 Å². The number of nitrogens with zero attached hydrogens (tertiary/aromatic N) is 1. The van der Waals surface area contributed by atoms with Gasteiger partial charge in [-0.05, 0) is 74.9 Å². The van der Waals surface area contributed by atoms with E-state index in [4.69, 9.17) is 4.74 Å². The molecule has 0 spiro atoms. The summed E-state index contributed by atoms with van der Waals surface area (Å²) in [7, 11) is 4.17. The van der Waals surface area contributed by atoms with E-state index in [0.717, 1.165) is 17.7 Å². The van der Waals surface area contributed by atoms with Crippen LogP contribution in [0.4, 0.5) is 0 Å². The standard InChI is InChI=1S/C20H29NO/c1-21-12-5-3-4-10-20-11-6-7-17(20)19(21)13-15-8-9-16(22-2)14-18(15)20/h8-9,14,17,19H,3-7,10-13H2,1-2H3/t17-,19+,20+/m1/s1. The van der Waals surface area contributed by atoms with Crippen LogP contribution in [0.25, 0.3) is 0 Å². The van der Waals surface area contributed by atoms with Crippen LogP contribution in [0.3, 0.4) is 0 Å². The van der Waals surface area contributed by atoms with E-state index in [1.165, 1.54) is 57.9 Å². The molecule has 1 saturated heterocycles. The van der Waals surface area contributed by atoms with Crippen LogP contribution in [-0.4, -0.2) is 31.6 Å². The largest absolute Gasteiger partial charge is 0.497 e. The molecule has 4 rings (SSSR count). The lowest BCUT2D eigenvalue weighted by atomic mass is 9.60. The first-order chi connectivity index (χ1) is 10.7. The molecule has 120 valence electrons. The lowest BCUT2D eigenvalue weighted by Crippen LogP contribution is -2.50. The van der Waals surface area contributed by atoms with Crippen molar-refractivity contribution in [3.63, 3.8) is 0 Å². The van der Waals surface area contributed by atoms with Crippen molar-refractivity contribution < 1.29 is 4.74 Å². The number of methoxy groups -OCH3 is 1. The Labute approximate surface area is 134 Å². The van der Waals surface area contributed by atoms with Crippen molar-refractivity contribution >= 4 is 0 Å². The lowest BCUT2D eigenvalue weighted by Gasteiger charge is -2.48. The minimum atomic E-state index is 0.436. The zero-order valence-corrected chi connectivity index (χ0v) is 14.1. The summed E-state index contributed by atoms with van der Waals surface area (Å²) in [5.74, 6) is 1.90. The van der Waals surface area contributed by atoms with Crippen LogP contribution in [0.1, 0.15) is 56.1 Å². The summed E-state index contributed by atoms with van der Waals surface area (Å²) in [6.07, 6.45) is 11.0. The topological polar surface area (TPSA) is 12.5 Å². The van der Waals surface area contributed by atoms with Crippen LogP contribution in [0.5, 0.6) is 5.75 Å². The Hall–Kier alpha value is -1.02. The van der Waals surface area contributed by atoms with E-state index < -0.39 is 0 Å². The number of hydrogen-bond donors (Lipinski definition) is 0. The predicted molar refractivity (Wildman–Crippen MR) is 90.6 cm³/mol. The van der Waals surface area contributed by atoms with Crippen molar-refractivity contribution in [2.24, 2.45) is 5.92 Å². The van der Waals surface area contributed by atoms with Crippen LogP contribution < -0.4 is 4.74 Å². The number of ether oxygens (including phenoxy) is 1. The first-order valence-electron chi connectivity index (χ1n) is 9.12. The summed E-state index contributed by atoms with van der Waals surface area (Å²) in [5, 5.41) is 0. The molecule has 0 aromatic heterocycles. The highest BCUT2D eigenvalue weighted by atomic mass is 16.5. The third-order valence-electron chi connectivity index (χ3n) is 6.79. The highest BCUT2D eigenvalue weighted by Crippen LogP contribution is 2.56.